The van der Waals surface area contributed by atoms with Crippen molar-refractivity contribution in [2.75, 3.05) is 28.3 Å². The molecule has 0 spiro atoms. The molecular weight excluding hydrogens is 364 g/mol. The van der Waals surface area contributed by atoms with Crippen LogP contribution in [0.2, 0.25) is 0 Å². The Hall–Kier alpha value is -1.92. The van der Waals surface area contributed by atoms with Crippen molar-refractivity contribution in [3.8, 4) is 0 Å². The van der Waals surface area contributed by atoms with Crippen LogP contribution in [0, 0.1) is 0 Å². The number of benzene rings is 2. The van der Waals surface area contributed by atoms with E-state index in [4.69, 9.17) is 0 Å². The predicted octanol–water partition coefficient (Wildman–Crippen LogP) is 4.54. The first-order valence-electron chi connectivity index (χ1n) is 8.76. The molecule has 2 fully saturated rings. The summed E-state index contributed by atoms with van der Waals surface area (Å²) in [6.07, 6.45) is 1.49. The summed E-state index contributed by atoms with van der Waals surface area (Å²) in [5.41, 5.74) is 3.46. The van der Waals surface area contributed by atoms with Crippen LogP contribution >= 0.6 is 23.5 Å². The second-order valence-electron chi connectivity index (χ2n) is 6.35. The Kier molecular flexibility index (Phi) is 5.22. The standard InChI is InChI=1S/C20H20N2O2S2/c23-18-5-2-10-22(18)17-4-1-3-16(13-17)21-19(24)14-6-8-15(9-7-14)20-25-11-12-26-20/h1,3-4,6-9,13,20H,2,5,10-12H2,(H,21,24). The summed E-state index contributed by atoms with van der Waals surface area (Å²) in [6.45, 7) is 0.745. The van der Waals surface area contributed by atoms with Crippen molar-refractivity contribution >= 4 is 46.7 Å². The topological polar surface area (TPSA) is 49.4 Å². The third-order valence-electron chi connectivity index (χ3n) is 4.56. The van der Waals surface area contributed by atoms with Crippen LogP contribution in [0.3, 0.4) is 0 Å². The van der Waals surface area contributed by atoms with E-state index in [-0.39, 0.29) is 11.8 Å². The first-order chi connectivity index (χ1) is 12.7. The second-order valence-corrected chi connectivity index (χ2v) is 9.07. The smallest absolute Gasteiger partial charge is 0.255 e. The van der Waals surface area contributed by atoms with Gasteiger partial charge in [-0.3, -0.25) is 9.59 Å². The van der Waals surface area contributed by atoms with Crippen molar-refractivity contribution in [1.82, 2.24) is 0 Å². The molecule has 4 rings (SSSR count). The van der Waals surface area contributed by atoms with Crippen LogP contribution in [-0.4, -0.2) is 29.9 Å². The fourth-order valence-corrected chi connectivity index (χ4v) is 6.08. The molecule has 2 saturated heterocycles. The average molecular weight is 385 g/mol. The van der Waals surface area contributed by atoms with E-state index < -0.39 is 0 Å². The van der Waals surface area contributed by atoms with Gasteiger partial charge < -0.3 is 10.2 Å². The number of nitrogens with zero attached hydrogens (tertiary/aromatic N) is 1. The Morgan fingerprint density at radius 3 is 2.54 bits per heavy atom. The Balaban J connectivity index is 1.45. The molecule has 0 unspecified atom stereocenters. The molecule has 26 heavy (non-hydrogen) atoms. The van der Waals surface area contributed by atoms with E-state index in [1.54, 1.807) is 4.90 Å². The minimum atomic E-state index is -0.131. The van der Waals surface area contributed by atoms with Gasteiger partial charge in [0.1, 0.15) is 0 Å². The monoisotopic (exact) mass is 384 g/mol. The quantitative estimate of drug-likeness (QED) is 0.840. The highest BCUT2D eigenvalue weighted by molar-refractivity contribution is 8.19. The molecular formula is C20H20N2O2S2. The molecule has 0 atom stereocenters. The number of carbonyl (C=O) groups excluding carboxylic acids is 2. The molecule has 2 aliphatic rings. The Bertz CT molecular complexity index is 817. The summed E-state index contributed by atoms with van der Waals surface area (Å²) in [7, 11) is 0. The molecule has 2 heterocycles. The van der Waals surface area contributed by atoms with Gasteiger partial charge in [-0.25, -0.2) is 0 Å². The van der Waals surface area contributed by atoms with Crippen molar-refractivity contribution < 1.29 is 9.59 Å². The second kappa shape index (κ2) is 7.76. The van der Waals surface area contributed by atoms with Crippen molar-refractivity contribution in [2.45, 2.75) is 17.4 Å². The lowest BCUT2D eigenvalue weighted by atomic mass is 10.1. The highest BCUT2D eigenvalue weighted by atomic mass is 32.2. The van der Waals surface area contributed by atoms with Crippen LogP contribution in [0.5, 0.6) is 0 Å². The summed E-state index contributed by atoms with van der Waals surface area (Å²) >= 11 is 3.91. The lowest BCUT2D eigenvalue weighted by Gasteiger charge is -2.17. The maximum Gasteiger partial charge on any atom is 0.255 e. The highest BCUT2D eigenvalue weighted by Gasteiger charge is 2.22. The molecule has 6 heteroatoms. The number of carbonyl (C=O) groups is 2. The van der Waals surface area contributed by atoms with Gasteiger partial charge in [0.05, 0.1) is 4.58 Å². The molecule has 0 aliphatic carbocycles. The van der Waals surface area contributed by atoms with E-state index in [1.807, 2.05) is 72.1 Å². The van der Waals surface area contributed by atoms with E-state index in [0.29, 0.717) is 22.3 Å². The number of amides is 2. The predicted molar refractivity (Wildman–Crippen MR) is 110 cm³/mol. The summed E-state index contributed by atoms with van der Waals surface area (Å²) in [5.74, 6) is 2.39. The van der Waals surface area contributed by atoms with Crippen LogP contribution in [-0.2, 0) is 4.79 Å². The number of hydrogen-bond donors (Lipinski definition) is 1. The molecule has 1 N–H and O–H groups in total. The minimum Gasteiger partial charge on any atom is -0.322 e. The van der Waals surface area contributed by atoms with Crippen molar-refractivity contribution in [2.24, 2.45) is 0 Å². The number of anilines is 2. The van der Waals surface area contributed by atoms with Crippen molar-refractivity contribution in [3.63, 3.8) is 0 Å². The van der Waals surface area contributed by atoms with Crippen LogP contribution in [0.25, 0.3) is 0 Å². The van der Waals surface area contributed by atoms with Gasteiger partial charge in [-0.2, -0.15) is 0 Å². The summed E-state index contributed by atoms with van der Waals surface area (Å²) < 4.78 is 0.488. The third-order valence-corrected chi connectivity index (χ3v) is 7.66. The van der Waals surface area contributed by atoms with Gasteiger partial charge in [0.25, 0.3) is 5.91 Å². The molecule has 0 saturated carbocycles. The molecule has 0 aromatic heterocycles. The molecule has 2 aliphatic heterocycles. The van der Waals surface area contributed by atoms with Crippen molar-refractivity contribution in [3.05, 3.63) is 59.7 Å². The lowest BCUT2D eigenvalue weighted by molar-refractivity contribution is -0.117. The number of rotatable bonds is 4. The van der Waals surface area contributed by atoms with E-state index in [0.717, 1.165) is 18.7 Å². The molecule has 2 aromatic carbocycles. The van der Waals surface area contributed by atoms with Gasteiger partial charge in [0.2, 0.25) is 5.91 Å². The first kappa shape index (κ1) is 17.5. The van der Waals surface area contributed by atoms with Gasteiger partial charge in [0, 0.05) is 41.4 Å². The maximum absolute atomic E-state index is 12.5. The molecule has 0 bridgehead atoms. The van der Waals surface area contributed by atoms with Crippen molar-refractivity contribution in [1.29, 1.82) is 0 Å². The molecule has 0 radical (unpaired) electrons. The number of nitrogens with one attached hydrogen (secondary N) is 1. The summed E-state index contributed by atoms with van der Waals surface area (Å²) in [4.78, 5) is 26.2. The van der Waals surface area contributed by atoms with E-state index in [2.05, 4.69) is 5.32 Å². The van der Waals surface area contributed by atoms with Gasteiger partial charge >= 0.3 is 0 Å². The SMILES string of the molecule is O=C(Nc1cccc(N2CCCC2=O)c1)c1ccc(C2SCCS2)cc1. The van der Waals surface area contributed by atoms with E-state index in [1.165, 1.54) is 17.1 Å². The Labute approximate surface area is 161 Å². The van der Waals surface area contributed by atoms with Crippen LogP contribution in [0.1, 0.15) is 33.3 Å². The number of thioether (sulfide) groups is 2. The third kappa shape index (κ3) is 3.76. The van der Waals surface area contributed by atoms with Gasteiger partial charge in [-0.15, -0.1) is 23.5 Å². The number of hydrogen-bond acceptors (Lipinski definition) is 4. The molecule has 4 nitrogen and oxygen atoms in total. The highest BCUT2D eigenvalue weighted by Crippen LogP contribution is 2.45. The van der Waals surface area contributed by atoms with Gasteiger partial charge in [-0.05, 0) is 42.3 Å². The Morgan fingerprint density at radius 2 is 1.85 bits per heavy atom. The van der Waals surface area contributed by atoms with Crippen LogP contribution < -0.4 is 10.2 Å². The fraction of sp³-hybridized carbons (Fsp3) is 0.300. The normalized spacial score (nSPS) is 17.7. The maximum atomic E-state index is 12.5. The zero-order valence-electron chi connectivity index (χ0n) is 14.3. The zero-order chi connectivity index (χ0) is 17.9. The van der Waals surface area contributed by atoms with E-state index in [9.17, 15) is 9.59 Å². The van der Waals surface area contributed by atoms with E-state index >= 15 is 0 Å². The average Bonchev–Trinajstić information content (AvgIpc) is 3.34. The largest absolute Gasteiger partial charge is 0.322 e. The fourth-order valence-electron chi connectivity index (χ4n) is 3.22. The summed E-state index contributed by atoms with van der Waals surface area (Å²) in [6, 6.07) is 15.4. The minimum absolute atomic E-state index is 0.131. The molecule has 2 amide bonds. The first-order valence-corrected chi connectivity index (χ1v) is 10.9. The van der Waals surface area contributed by atoms with Crippen LogP contribution in [0.4, 0.5) is 11.4 Å². The van der Waals surface area contributed by atoms with Crippen LogP contribution in [0.15, 0.2) is 48.5 Å². The summed E-state index contributed by atoms with van der Waals surface area (Å²) in [5, 5.41) is 2.94. The van der Waals surface area contributed by atoms with Gasteiger partial charge in [-0.1, -0.05) is 18.2 Å². The lowest BCUT2D eigenvalue weighted by Crippen LogP contribution is -2.23. The molecule has 134 valence electrons. The zero-order valence-corrected chi connectivity index (χ0v) is 15.9. The molecule has 2 aromatic rings. The van der Waals surface area contributed by atoms with Gasteiger partial charge in [0.15, 0.2) is 0 Å². The Morgan fingerprint density at radius 1 is 1.08 bits per heavy atom.